The van der Waals surface area contributed by atoms with E-state index in [0.717, 1.165) is 12.8 Å². The molecular formula is C16H19N3O3. The summed E-state index contributed by atoms with van der Waals surface area (Å²) in [6.45, 7) is 2.40. The Morgan fingerprint density at radius 2 is 2.05 bits per heavy atom. The van der Waals surface area contributed by atoms with E-state index in [9.17, 15) is 9.59 Å². The topological polar surface area (TPSA) is 73.2 Å². The fourth-order valence-electron chi connectivity index (χ4n) is 1.94. The zero-order valence-electron chi connectivity index (χ0n) is 12.7. The Balaban J connectivity index is 2.13. The minimum Gasteiger partial charge on any atom is -0.462 e. The van der Waals surface area contributed by atoms with Crippen molar-refractivity contribution in [3.63, 3.8) is 0 Å². The molecule has 2 aromatic rings. The van der Waals surface area contributed by atoms with Gasteiger partial charge in [0, 0.05) is 13.2 Å². The number of unbranched alkanes of at least 4 members (excludes halogenated alkanes) is 1. The highest BCUT2D eigenvalue weighted by Gasteiger charge is 2.16. The number of aryl methyl sites for hydroxylation is 1. The Morgan fingerprint density at radius 1 is 1.27 bits per heavy atom. The molecule has 0 aliphatic rings. The number of nitrogens with zero attached hydrogens (tertiary/aromatic N) is 2. The number of carbonyl (C=O) groups excluding carboxylic acids is 2. The number of rotatable bonds is 6. The predicted octanol–water partition coefficient (Wildman–Crippen LogP) is 2.63. The molecule has 0 unspecified atom stereocenters. The van der Waals surface area contributed by atoms with E-state index in [1.54, 1.807) is 43.6 Å². The Labute approximate surface area is 129 Å². The average molecular weight is 301 g/mol. The first-order chi connectivity index (χ1) is 10.6. The summed E-state index contributed by atoms with van der Waals surface area (Å²) >= 11 is 0. The van der Waals surface area contributed by atoms with E-state index in [2.05, 4.69) is 10.4 Å². The highest BCUT2D eigenvalue weighted by molar-refractivity contribution is 6.07. The number of carbonyl (C=O) groups is 2. The van der Waals surface area contributed by atoms with Gasteiger partial charge in [-0.25, -0.2) is 4.79 Å². The zero-order chi connectivity index (χ0) is 15.9. The van der Waals surface area contributed by atoms with Gasteiger partial charge in [0.1, 0.15) is 5.69 Å². The van der Waals surface area contributed by atoms with Gasteiger partial charge in [-0.3, -0.25) is 9.48 Å². The molecule has 1 heterocycles. The molecule has 0 radical (unpaired) electrons. The van der Waals surface area contributed by atoms with Crippen molar-refractivity contribution in [2.45, 2.75) is 19.8 Å². The van der Waals surface area contributed by atoms with Gasteiger partial charge in [-0.1, -0.05) is 25.5 Å². The van der Waals surface area contributed by atoms with Crippen molar-refractivity contribution >= 4 is 17.6 Å². The highest BCUT2D eigenvalue weighted by atomic mass is 16.5. The molecule has 0 aliphatic carbocycles. The van der Waals surface area contributed by atoms with Crippen LogP contribution in [0.5, 0.6) is 0 Å². The van der Waals surface area contributed by atoms with Crippen molar-refractivity contribution in [2.24, 2.45) is 7.05 Å². The summed E-state index contributed by atoms with van der Waals surface area (Å²) < 4.78 is 6.67. The smallest absolute Gasteiger partial charge is 0.340 e. The number of para-hydroxylation sites is 1. The molecule has 0 aliphatic heterocycles. The van der Waals surface area contributed by atoms with E-state index >= 15 is 0 Å². The van der Waals surface area contributed by atoms with Crippen molar-refractivity contribution < 1.29 is 14.3 Å². The van der Waals surface area contributed by atoms with Crippen LogP contribution in [0, 0.1) is 0 Å². The summed E-state index contributed by atoms with van der Waals surface area (Å²) in [5, 5.41) is 6.68. The van der Waals surface area contributed by atoms with Crippen LogP contribution in [-0.4, -0.2) is 28.3 Å². The van der Waals surface area contributed by atoms with Crippen LogP contribution in [0.15, 0.2) is 36.5 Å². The number of aromatic nitrogens is 2. The summed E-state index contributed by atoms with van der Waals surface area (Å²) in [6.07, 6.45) is 3.31. The normalized spacial score (nSPS) is 10.3. The molecule has 116 valence electrons. The molecule has 0 fully saturated rings. The van der Waals surface area contributed by atoms with E-state index in [0.29, 0.717) is 23.6 Å². The van der Waals surface area contributed by atoms with Crippen LogP contribution in [-0.2, 0) is 11.8 Å². The molecule has 22 heavy (non-hydrogen) atoms. The summed E-state index contributed by atoms with van der Waals surface area (Å²) in [4.78, 5) is 24.3. The van der Waals surface area contributed by atoms with Gasteiger partial charge in [-0.05, 0) is 24.6 Å². The second-order valence-electron chi connectivity index (χ2n) is 4.83. The van der Waals surface area contributed by atoms with E-state index in [1.165, 1.54) is 4.68 Å². The van der Waals surface area contributed by atoms with Crippen LogP contribution >= 0.6 is 0 Å². The number of esters is 1. The largest absolute Gasteiger partial charge is 0.462 e. The monoisotopic (exact) mass is 301 g/mol. The summed E-state index contributed by atoms with van der Waals surface area (Å²) in [5.41, 5.74) is 1.18. The fourth-order valence-corrected chi connectivity index (χ4v) is 1.94. The predicted molar refractivity (Wildman–Crippen MR) is 82.8 cm³/mol. The number of hydrogen-bond acceptors (Lipinski definition) is 4. The second kappa shape index (κ2) is 7.40. The molecule has 0 saturated carbocycles. The third-order valence-corrected chi connectivity index (χ3v) is 3.18. The Kier molecular flexibility index (Phi) is 5.30. The van der Waals surface area contributed by atoms with Crippen molar-refractivity contribution in [3.05, 3.63) is 47.8 Å². The third kappa shape index (κ3) is 3.72. The first kappa shape index (κ1) is 15.8. The molecular weight excluding hydrogens is 282 g/mol. The van der Waals surface area contributed by atoms with Crippen molar-refractivity contribution in [1.29, 1.82) is 0 Å². The third-order valence-electron chi connectivity index (χ3n) is 3.18. The first-order valence-corrected chi connectivity index (χ1v) is 7.19. The van der Waals surface area contributed by atoms with Gasteiger partial charge in [0.15, 0.2) is 0 Å². The lowest BCUT2D eigenvalue weighted by Gasteiger charge is -2.10. The lowest BCUT2D eigenvalue weighted by atomic mass is 10.1. The number of anilines is 1. The molecule has 2 rings (SSSR count). The Bertz CT molecular complexity index is 664. The van der Waals surface area contributed by atoms with Crippen LogP contribution in [0.1, 0.15) is 40.6 Å². The van der Waals surface area contributed by atoms with Gasteiger partial charge < -0.3 is 10.1 Å². The van der Waals surface area contributed by atoms with E-state index in [1.807, 2.05) is 6.92 Å². The zero-order valence-corrected chi connectivity index (χ0v) is 12.7. The lowest BCUT2D eigenvalue weighted by molar-refractivity contribution is 0.0501. The summed E-state index contributed by atoms with van der Waals surface area (Å²) in [6, 6.07) is 8.40. The fraction of sp³-hybridized carbons (Fsp3) is 0.312. The van der Waals surface area contributed by atoms with Crippen LogP contribution in [0.4, 0.5) is 5.69 Å². The van der Waals surface area contributed by atoms with Crippen molar-refractivity contribution in [1.82, 2.24) is 9.78 Å². The minimum absolute atomic E-state index is 0.325. The Morgan fingerprint density at radius 3 is 2.73 bits per heavy atom. The molecule has 0 bridgehead atoms. The van der Waals surface area contributed by atoms with Crippen LogP contribution < -0.4 is 5.32 Å². The summed E-state index contributed by atoms with van der Waals surface area (Å²) in [7, 11) is 1.68. The van der Waals surface area contributed by atoms with E-state index in [4.69, 9.17) is 4.74 Å². The number of ether oxygens (including phenoxy) is 1. The quantitative estimate of drug-likeness (QED) is 0.657. The second-order valence-corrected chi connectivity index (χ2v) is 4.83. The molecule has 0 atom stereocenters. The first-order valence-electron chi connectivity index (χ1n) is 7.19. The number of amides is 1. The maximum Gasteiger partial charge on any atom is 0.340 e. The van der Waals surface area contributed by atoms with Crippen LogP contribution in [0.25, 0.3) is 0 Å². The summed E-state index contributed by atoms with van der Waals surface area (Å²) in [5.74, 6) is -0.761. The number of nitrogens with one attached hydrogen (secondary N) is 1. The maximum absolute atomic E-state index is 12.2. The Hall–Kier alpha value is -2.63. The van der Waals surface area contributed by atoms with Gasteiger partial charge in [0.2, 0.25) is 0 Å². The van der Waals surface area contributed by atoms with Gasteiger partial charge in [-0.15, -0.1) is 0 Å². The van der Waals surface area contributed by atoms with Crippen molar-refractivity contribution in [3.8, 4) is 0 Å². The minimum atomic E-state index is -0.436. The molecule has 6 nitrogen and oxygen atoms in total. The maximum atomic E-state index is 12.2. The van der Waals surface area contributed by atoms with E-state index < -0.39 is 5.97 Å². The van der Waals surface area contributed by atoms with Gasteiger partial charge in [0.05, 0.1) is 17.9 Å². The van der Waals surface area contributed by atoms with Crippen molar-refractivity contribution in [2.75, 3.05) is 11.9 Å². The molecule has 1 aromatic carbocycles. The number of benzene rings is 1. The highest BCUT2D eigenvalue weighted by Crippen LogP contribution is 2.17. The number of hydrogen-bond donors (Lipinski definition) is 1. The molecule has 1 N–H and O–H groups in total. The van der Waals surface area contributed by atoms with Gasteiger partial charge >= 0.3 is 5.97 Å². The standard InChI is InChI=1S/C16H19N3O3/c1-3-4-11-22-16(21)12-7-5-6-8-13(12)18-15(20)14-9-10-17-19(14)2/h5-10H,3-4,11H2,1-2H3,(H,18,20). The SMILES string of the molecule is CCCCOC(=O)c1ccccc1NC(=O)c1ccnn1C. The van der Waals surface area contributed by atoms with Gasteiger partial charge in [-0.2, -0.15) is 5.10 Å². The molecule has 1 amide bonds. The molecule has 0 spiro atoms. The lowest BCUT2D eigenvalue weighted by Crippen LogP contribution is -2.18. The molecule has 6 heteroatoms. The van der Waals surface area contributed by atoms with E-state index in [-0.39, 0.29) is 5.91 Å². The van der Waals surface area contributed by atoms with Gasteiger partial charge in [0.25, 0.3) is 5.91 Å². The van der Waals surface area contributed by atoms with Crippen LogP contribution in [0.2, 0.25) is 0 Å². The molecule has 1 aromatic heterocycles. The molecule has 0 saturated heterocycles. The van der Waals surface area contributed by atoms with Crippen LogP contribution in [0.3, 0.4) is 0 Å². The average Bonchev–Trinajstić information content (AvgIpc) is 2.94.